The highest BCUT2D eigenvalue weighted by molar-refractivity contribution is 5.48. The molecule has 1 aromatic carbocycles. The van der Waals surface area contributed by atoms with Gasteiger partial charge in [0, 0.05) is 6.42 Å². The molecule has 0 heterocycles. The molecule has 0 fully saturated rings. The van der Waals surface area contributed by atoms with Gasteiger partial charge in [0.25, 0.3) is 0 Å². The van der Waals surface area contributed by atoms with E-state index in [0.717, 1.165) is 24.7 Å². The monoisotopic (exact) mass is 230 g/mol. The molecular formula is C15H18O2. The zero-order valence-corrected chi connectivity index (χ0v) is 9.97. The first-order chi connectivity index (χ1) is 8.36. The number of aldehydes is 1. The Morgan fingerprint density at radius 1 is 1.35 bits per heavy atom. The number of benzene rings is 1. The van der Waals surface area contributed by atoms with Gasteiger partial charge in [-0.3, -0.25) is 0 Å². The lowest BCUT2D eigenvalue weighted by Crippen LogP contribution is -2.09. The van der Waals surface area contributed by atoms with Crippen LogP contribution in [0.3, 0.4) is 0 Å². The Morgan fingerprint density at radius 2 is 2.12 bits per heavy atom. The summed E-state index contributed by atoms with van der Waals surface area (Å²) < 4.78 is 5.74. The predicted molar refractivity (Wildman–Crippen MR) is 68.6 cm³/mol. The van der Waals surface area contributed by atoms with Crippen molar-refractivity contribution in [2.75, 3.05) is 0 Å². The molecule has 17 heavy (non-hydrogen) atoms. The van der Waals surface area contributed by atoms with E-state index in [0.29, 0.717) is 13.0 Å². The molecule has 0 spiro atoms. The van der Waals surface area contributed by atoms with E-state index >= 15 is 0 Å². The smallest absolute Gasteiger partial charge is 0.119 e. The zero-order valence-electron chi connectivity index (χ0n) is 9.97. The molecule has 1 atom stereocenters. The number of carbonyl (C=O) groups is 1. The lowest BCUT2D eigenvalue weighted by molar-refractivity contribution is -0.108. The van der Waals surface area contributed by atoms with Crippen molar-refractivity contribution < 1.29 is 9.53 Å². The van der Waals surface area contributed by atoms with Crippen LogP contribution in [0.2, 0.25) is 0 Å². The lowest BCUT2D eigenvalue weighted by atomic mass is 10.1. The van der Waals surface area contributed by atoms with Crippen molar-refractivity contribution in [3.63, 3.8) is 0 Å². The average molecular weight is 230 g/mol. The molecule has 2 nitrogen and oxygen atoms in total. The maximum Gasteiger partial charge on any atom is 0.119 e. The second-order valence-electron chi connectivity index (χ2n) is 3.80. The van der Waals surface area contributed by atoms with E-state index in [-0.39, 0.29) is 6.10 Å². The third-order valence-electron chi connectivity index (χ3n) is 2.42. The molecule has 0 bridgehead atoms. The van der Waals surface area contributed by atoms with Crippen LogP contribution in [0.5, 0.6) is 0 Å². The number of hydrogen-bond donors (Lipinski definition) is 0. The highest BCUT2D eigenvalue weighted by Gasteiger charge is 2.04. The molecule has 0 amide bonds. The SMILES string of the molecule is C=C=CC(CCCC=O)OCc1ccccc1. The van der Waals surface area contributed by atoms with Gasteiger partial charge in [-0.1, -0.05) is 36.9 Å². The Kier molecular flexibility index (Phi) is 6.73. The van der Waals surface area contributed by atoms with Gasteiger partial charge in [0.2, 0.25) is 0 Å². The van der Waals surface area contributed by atoms with Crippen LogP contribution in [0.15, 0.2) is 48.7 Å². The first-order valence-corrected chi connectivity index (χ1v) is 5.82. The molecule has 1 unspecified atom stereocenters. The van der Waals surface area contributed by atoms with E-state index in [1.165, 1.54) is 0 Å². The Hall–Kier alpha value is -1.63. The topological polar surface area (TPSA) is 26.3 Å². The van der Waals surface area contributed by atoms with Gasteiger partial charge in [-0.05, 0) is 24.5 Å². The summed E-state index contributed by atoms with van der Waals surface area (Å²) in [5.74, 6) is 0. The van der Waals surface area contributed by atoms with Crippen molar-refractivity contribution in [1.29, 1.82) is 0 Å². The molecule has 0 aliphatic carbocycles. The first-order valence-electron chi connectivity index (χ1n) is 5.82. The van der Waals surface area contributed by atoms with Gasteiger partial charge in [-0.25, -0.2) is 0 Å². The fourth-order valence-electron chi connectivity index (χ4n) is 1.53. The van der Waals surface area contributed by atoms with Gasteiger partial charge >= 0.3 is 0 Å². The minimum Gasteiger partial charge on any atom is -0.369 e. The number of ether oxygens (including phenoxy) is 1. The molecule has 1 aromatic rings. The summed E-state index contributed by atoms with van der Waals surface area (Å²) >= 11 is 0. The van der Waals surface area contributed by atoms with Crippen molar-refractivity contribution in [1.82, 2.24) is 0 Å². The third kappa shape index (κ3) is 5.86. The zero-order chi connectivity index (χ0) is 12.3. The van der Waals surface area contributed by atoms with Crippen LogP contribution < -0.4 is 0 Å². The minimum absolute atomic E-state index is 0.00680. The van der Waals surface area contributed by atoms with Crippen molar-refractivity contribution in [3.05, 3.63) is 54.3 Å². The molecule has 0 aliphatic heterocycles. The second kappa shape index (κ2) is 8.51. The van der Waals surface area contributed by atoms with Crippen LogP contribution in [0.25, 0.3) is 0 Å². The maximum atomic E-state index is 10.2. The molecule has 0 radical (unpaired) electrons. The van der Waals surface area contributed by atoms with E-state index in [1.807, 2.05) is 36.4 Å². The van der Waals surface area contributed by atoms with Crippen molar-refractivity contribution in [2.45, 2.75) is 32.0 Å². The molecule has 2 heteroatoms. The largest absolute Gasteiger partial charge is 0.369 e. The summed E-state index contributed by atoms with van der Waals surface area (Å²) in [5, 5.41) is 0. The first kappa shape index (κ1) is 13.4. The molecule has 1 rings (SSSR count). The molecule has 90 valence electrons. The molecule has 0 saturated heterocycles. The summed E-state index contributed by atoms with van der Waals surface area (Å²) in [6.45, 7) is 4.13. The fourth-order valence-corrected chi connectivity index (χ4v) is 1.53. The van der Waals surface area contributed by atoms with Gasteiger partial charge in [0.1, 0.15) is 6.29 Å². The number of hydrogen-bond acceptors (Lipinski definition) is 2. The molecule has 0 N–H and O–H groups in total. The highest BCUT2D eigenvalue weighted by Crippen LogP contribution is 2.09. The summed E-state index contributed by atoms with van der Waals surface area (Å²) in [6.07, 6.45) is 4.98. The number of unbranched alkanes of at least 4 members (excludes halogenated alkanes) is 1. The van der Waals surface area contributed by atoms with Crippen molar-refractivity contribution in [3.8, 4) is 0 Å². The van der Waals surface area contributed by atoms with Crippen LogP contribution in [-0.4, -0.2) is 12.4 Å². The Balaban J connectivity index is 2.38. The van der Waals surface area contributed by atoms with E-state index < -0.39 is 0 Å². The summed E-state index contributed by atoms with van der Waals surface area (Å²) in [6, 6.07) is 10.0. The van der Waals surface area contributed by atoms with Crippen LogP contribution in [-0.2, 0) is 16.1 Å². The standard InChI is InChI=1S/C15H18O2/c1-2-8-15(11-6-7-12-16)17-13-14-9-4-3-5-10-14/h3-5,8-10,12,15H,1,6-7,11,13H2. The number of carbonyl (C=O) groups excluding carboxylic acids is 1. The van der Waals surface area contributed by atoms with E-state index in [4.69, 9.17) is 4.74 Å². The lowest BCUT2D eigenvalue weighted by Gasteiger charge is -2.12. The molecule has 0 aliphatic rings. The van der Waals surface area contributed by atoms with Gasteiger partial charge in [0.05, 0.1) is 12.7 Å². The van der Waals surface area contributed by atoms with Gasteiger partial charge < -0.3 is 9.53 Å². The summed E-state index contributed by atoms with van der Waals surface area (Å²) in [5.41, 5.74) is 3.89. The van der Waals surface area contributed by atoms with Crippen LogP contribution in [0.4, 0.5) is 0 Å². The quantitative estimate of drug-likeness (QED) is 0.389. The minimum atomic E-state index is -0.00680. The Morgan fingerprint density at radius 3 is 2.76 bits per heavy atom. The van der Waals surface area contributed by atoms with Crippen molar-refractivity contribution in [2.24, 2.45) is 0 Å². The molecule has 0 saturated carbocycles. The van der Waals surface area contributed by atoms with E-state index in [9.17, 15) is 4.79 Å². The third-order valence-corrected chi connectivity index (χ3v) is 2.42. The number of rotatable bonds is 8. The molecule has 0 aromatic heterocycles. The van der Waals surface area contributed by atoms with Gasteiger partial charge in [-0.15, -0.1) is 5.73 Å². The van der Waals surface area contributed by atoms with E-state index in [1.54, 1.807) is 0 Å². The van der Waals surface area contributed by atoms with Gasteiger partial charge in [0.15, 0.2) is 0 Å². The van der Waals surface area contributed by atoms with Crippen molar-refractivity contribution >= 4 is 6.29 Å². The highest BCUT2D eigenvalue weighted by atomic mass is 16.5. The summed E-state index contributed by atoms with van der Waals surface area (Å²) in [7, 11) is 0. The molecular weight excluding hydrogens is 212 g/mol. The second-order valence-corrected chi connectivity index (χ2v) is 3.80. The van der Waals surface area contributed by atoms with Crippen LogP contribution in [0, 0.1) is 0 Å². The average Bonchev–Trinajstić information content (AvgIpc) is 2.37. The normalized spacial score (nSPS) is 11.5. The Bertz CT molecular complexity index is 364. The Labute approximate surface area is 103 Å². The van der Waals surface area contributed by atoms with Gasteiger partial charge in [-0.2, -0.15) is 0 Å². The maximum absolute atomic E-state index is 10.2. The fraction of sp³-hybridized carbons (Fsp3) is 0.333. The predicted octanol–water partition coefficient (Wildman–Crippen LogP) is 3.28. The van der Waals surface area contributed by atoms with E-state index in [2.05, 4.69) is 12.3 Å². The van der Waals surface area contributed by atoms with Crippen LogP contribution >= 0.6 is 0 Å². The summed E-state index contributed by atoms with van der Waals surface area (Å²) in [4.78, 5) is 10.2. The van der Waals surface area contributed by atoms with Crippen LogP contribution in [0.1, 0.15) is 24.8 Å².